The van der Waals surface area contributed by atoms with Crippen molar-refractivity contribution < 1.29 is 14.3 Å². The number of carbonyl (C=O) groups is 1. The molecule has 1 aliphatic rings. The summed E-state index contributed by atoms with van der Waals surface area (Å²) in [6.45, 7) is 4.99. The normalized spacial score (nSPS) is 14.9. The third-order valence-corrected chi connectivity index (χ3v) is 4.56. The minimum atomic E-state index is 0.0647. The van der Waals surface area contributed by atoms with Gasteiger partial charge in [-0.15, -0.1) is 0 Å². The Balaban J connectivity index is 2.00. The van der Waals surface area contributed by atoms with E-state index in [9.17, 15) is 4.79 Å². The second kappa shape index (κ2) is 6.92. The quantitative estimate of drug-likeness (QED) is 0.738. The van der Waals surface area contributed by atoms with Crippen LogP contribution < -0.4 is 9.47 Å². The molecule has 4 heteroatoms. The lowest BCUT2D eigenvalue weighted by atomic mass is 10.1. The van der Waals surface area contributed by atoms with Gasteiger partial charge < -0.3 is 9.47 Å². The van der Waals surface area contributed by atoms with E-state index in [-0.39, 0.29) is 5.78 Å². The number of ether oxygens (including phenoxy) is 2. The Morgan fingerprint density at radius 3 is 2.52 bits per heavy atom. The van der Waals surface area contributed by atoms with E-state index in [0.29, 0.717) is 29.6 Å². The standard InChI is InChI=1S/C19H18O3S/c1-3-21-15-10-7-8-13(19(15)22-4-2)12-17-18(20)14-9-5-6-11-16(14)23-17/h5-12H,3-4H2,1-2H3. The molecule has 0 aliphatic carbocycles. The Hall–Kier alpha value is -2.20. The van der Waals surface area contributed by atoms with E-state index < -0.39 is 0 Å². The zero-order chi connectivity index (χ0) is 16.2. The third kappa shape index (κ3) is 3.13. The van der Waals surface area contributed by atoms with Crippen molar-refractivity contribution >= 4 is 23.6 Å². The van der Waals surface area contributed by atoms with Crippen LogP contribution in [0, 0.1) is 0 Å². The van der Waals surface area contributed by atoms with Gasteiger partial charge in [0.2, 0.25) is 5.78 Å². The molecule has 0 atom stereocenters. The van der Waals surface area contributed by atoms with Crippen LogP contribution in [0.3, 0.4) is 0 Å². The van der Waals surface area contributed by atoms with E-state index in [0.717, 1.165) is 16.0 Å². The molecule has 0 bridgehead atoms. The van der Waals surface area contributed by atoms with Crippen molar-refractivity contribution in [3.05, 3.63) is 58.5 Å². The maximum Gasteiger partial charge on any atom is 0.200 e. The topological polar surface area (TPSA) is 35.5 Å². The van der Waals surface area contributed by atoms with Gasteiger partial charge in [-0.05, 0) is 38.1 Å². The molecule has 3 nitrogen and oxygen atoms in total. The summed E-state index contributed by atoms with van der Waals surface area (Å²) >= 11 is 1.50. The van der Waals surface area contributed by atoms with Crippen molar-refractivity contribution in [3.8, 4) is 11.5 Å². The highest BCUT2D eigenvalue weighted by Gasteiger charge is 2.25. The predicted octanol–water partition coefficient (Wildman–Crippen LogP) is 4.81. The molecule has 2 aromatic carbocycles. The molecule has 0 amide bonds. The van der Waals surface area contributed by atoms with Crippen LogP contribution in [0.5, 0.6) is 11.5 Å². The first-order chi connectivity index (χ1) is 11.2. The molecule has 0 spiro atoms. The molecule has 0 saturated heterocycles. The number of hydrogen-bond donors (Lipinski definition) is 0. The number of Topliss-reactive ketones (excluding diaryl/α,β-unsaturated/α-hetero) is 1. The molecule has 2 aromatic rings. The summed E-state index contributed by atoms with van der Waals surface area (Å²) in [4.78, 5) is 14.2. The third-order valence-electron chi connectivity index (χ3n) is 3.46. The van der Waals surface area contributed by atoms with E-state index in [1.165, 1.54) is 11.8 Å². The summed E-state index contributed by atoms with van der Waals surface area (Å²) < 4.78 is 11.4. The molecule has 0 unspecified atom stereocenters. The van der Waals surface area contributed by atoms with E-state index in [1.54, 1.807) is 0 Å². The van der Waals surface area contributed by atoms with Gasteiger partial charge in [0.15, 0.2) is 11.5 Å². The maximum absolute atomic E-state index is 12.5. The van der Waals surface area contributed by atoms with E-state index >= 15 is 0 Å². The predicted molar refractivity (Wildman–Crippen MR) is 93.4 cm³/mol. The summed E-state index contributed by atoms with van der Waals surface area (Å²) in [6.07, 6.45) is 1.89. The van der Waals surface area contributed by atoms with Gasteiger partial charge >= 0.3 is 0 Å². The minimum absolute atomic E-state index is 0.0647. The zero-order valence-corrected chi connectivity index (χ0v) is 14.0. The molecule has 3 rings (SSSR count). The molecule has 23 heavy (non-hydrogen) atoms. The lowest BCUT2D eigenvalue weighted by molar-refractivity contribution is 0.104. The molecular weight excluding hydrogens is 308 g/mol. The summed E-state index contributed by atoms with van der Waals surface area (Å²) in [5.74, 6) is 1.46. The lowest BCUT2D eigenvalue weighted by Crippen LogP contribution is -2.00. The van der Waals surface area contributed by atoms with Gasteiger partial charge in [0.1, 0.15) is 0 Å². The van der Waals surface area contributed by atoms with Gasteiger partial charge in [0.25, 0.3) is 0 Å². The van der Waals surface area contributed by atoms with Crippen LogP contribution in [0.4, 0.5) is 0 Å². The van der Waals surface area contributed by atoms with Crippen molar-refractivity contribution in [3.63, 3.8) is 0 Å². The van der Waals surface area contributed by atoms with Crippen LogP contribution in [0.2, 0.25) is 0 Å². The van der Waals surface area contributed by atoms with Crippen LogP contribution >= 0.6 is 11.8 Å². The number of para-hydroxylation sites is 1. The van der Waals surface area contributed by atoms with Gasteiger partial charge in [-0.2, -0.15) is 0 Å². The maximum atomic E-state index is 12.5. The number of thioether (sulfide) groups is 1. The number of hydrogen-bond acceptors (Lipinski definition) is 4. The smallest absolute Gasteiger partial charge is 0.200 e. The molecule has 0 aromatic heterocycles. The Morgan fingerprint density at radius 1 is 1.00 bits per heavy atom. The second-order valence-corrected chi connectivity index (χ2v) is 6.06. The highest BCUT2D eigenvalue weighted by molar-refractivity contribution is 8.04. The number of fused-ring (bicyclic) bond motifs is 1. The summed E-state index contributed by atoms with van der Waals surface area (Å²) in [5.41, 5.74) is 1.63. The van der Waals surface area contributed by atoms with Gasteiger partial charge in [-0.3, -0.25) is 4.79 Å². The largest absolute Gasteiger partial charge is 0.490 e. The van der Waals surface area contributed by atoms with E-state index in [1.807, 2.05) is 62.4 Å². The number of carbonyl (C=O) groups excluding carboxylic acids is 1. The van der Waals surface area contributed by atoms with Crippen molar-refractivity contribution in [2.24, 2.45) is 0 Å². The lowest BCUT2D eigenvalue weighted by Gasteiger charge is -2.13. The van der Waals surface area contributed by atoms with Gasteiger partial charge in [0.05, 0.1) is 18.1 Å². The zero-order valence-electron chi connectivity index (χ0n) is 13.2. The number of allylic oxidation sites excluding steroid dienone is 1. The van der Waals surface area contributed by atoms with Crippen LogP contribution in [-0.2, 0) is 0 Å². The molecular formula is C19H18O3S. The average molecular weight is 326 g/mol. The van der Waals surface area contributed by atoms with Crippen LogP contribution in [0.25, 0.3) is 6.08 Å². The molecule has 0 radical (unpaired) electrons. The first-order valence-corrected chi connectivity index (χ1v) is 8.48. The summed E-state index contributed by atoms with van der Waals surface area (Å²) in [5, 5.41) is 0. The van der Waals surface area contributed by atoms with Crippen molar-refractivity contribution in [2.75, 3.05) is 13.2 Å². The van der Waals surface area contributed by atoms with Crippen LogP contribution in [-0.4, -0.2) is 19.0 Å². The van der Waals surface area contributed by atoms with Gasteiger partial charge in [-0.1, -0.05) is 36.0 Å². The average Bonchev–Trinajstić information content (AvgIpc) is 2.87. The SMILES string of the molecule is CCOc1cccc(C=C2Sc3ccccc3C2=O)c1OCC. The Kier molecular flexibility index (Phi) is 4.72. The molecule has 0 saturated carbocycles. The van der Waals surface area contributed by atoms with E-state index in [4.69, 9.17) is 9.47 Å². The first-order valence-electron chi connectivity index (χ1n) is 7.66. The fourth-order valence-corrected chi connectivity index (χ4v) is 3.53. The Morgan fingerprint density at radius 2 is 1.78 bits per heavy atom. The van der Waals surface area contributed by atoms with Crippen molar-refractivity contribution in [1.82, 2.24) is 0 Å². The minimum Gasteiger partial charge on any atom is -0.490 e. The first kappa shape index (κ1) is 15.7. The number of ketones is 1. The number of rotatable bonds is 5. The van der Waals surface area contributed by atoms with Gasteiger partial charge in [0, 0.05) is 16.0 Å². The highest BCUT2D eigenvalue weighted by Crippen LogP contribution is 2.42. The molecule has 1 heterocycles. The van der Waals surface area contributed by atoms with Crippen LogP contribution in [0.15, 0.2) is 52.3 Å². The fourth-order valence-electron chi connectivity index (χ4n) is 2.49. The van der Waals surface area contributed by atoms with E-state index in [2.05, 4.69) is 0 Å². The van der Waals surface area contributed by atoms with Crippen molar-refractivity contribution in [1.29, 1.82) is 0 Å². The van der Waals surface area contributed by atoms with Crippen LogP contribution in [0.1, 0.15) is 29.8 Å². The Bertz CT molecular complexity index is 765. The summed E-state index contributed by atoms with van der Waals surface area (Å²) in [7, 11) is 0. The molecule has 1 aliphatic heterocycles. The second-order valence-electron chi connectivity index (χ2n) is 4.98. The van der Waals surface area contributed by atoms with Gasteiger partial charge in [-0.25, -0.2) is 0 Å². The fraction of sp³-hybridized carbons (Fsp3) is 0.211. The highest BCUT2D eigenvalue weighted by atomic mass is 32.2. The summed E-state index contributed by atoms with van der Waals surface area (Å²) in [6, 6.07) is 13.4. The Labute approximate surface area is 140 Å². The monoisotopic (exact) mass is 326 g/mol. The molecule has 118 valence electrons. The number of benzene rings is 2. The molecule has 0 N–H and O–H groups in total. The molecule has 0 fully saturated rings. The van der Waals surface area contributed by atoms with Crippen molar-refractivity contribution in [2.45, 2.75) is 18.7 Å².